The van der Waals surface area contributed by atoms with Gasteiger partial charge in [0.1, 0.15) is 5.82 Å². The highest BCUT2D eigenvalue weighted by Crippen LogP contribution is 2.17. The summed E-state index contributed by atoms with van der Waals surface area (Å²) in [4.78, 5) is 18.9. The third-order valence-corrected chi connectivity index (χ3v) is 4.34. The average Bonchev–Trinajstić information content (AvgIpc) is 3.15. The van der Waals surface area contributed by atoms with Gasteiger partial charge in [0, 0.05) is 25.8 Å². The first-order chi connectivity index (χ1) is 11.7. The number of amides is 1. The molecular weight excluding hydrogens is 371 g/mol. The lowest BCUT2D eigenvalue weighted by atomic mass is 10.1. The van der Waals surface area contributed by atoms with Gasteiger partial charge in [-0.25, -0.2) is 4.98 Å². The molecule has 26 heavy (non-hydrogen) atoms. The number of halogens is 2. The molecule has 1 aromatic carbocycles. The average molecular weight is 397 g/mol. The van der Waals surface area contributed by atoms with Crippen LogP contribution in [0.15, 0.2) is 48.7 Å². The van der Waals surface area contributed by atoms with Crippen molar-refractivity contribution in [3.05, 3.63) is 59.8 Å². The van der Waals surface area contributed by atoms with Crippen molar-refractivity contribution in [1.82, 2.24) is 10.3 Å². The Labute approximate surface area is 167 Å². The molecule has 0 saturated carbocycles. The van der Waals surface area contributed by atoms with E-state index in [4.69, 9.17) is 5.73 Å². The van der Waals surface area contributed by atoms with E-state index < -0.39 is 6.04 Å². The van der Waals surface area contributed by atoms with Crippen LogP contribution < -0.4 is 16.0 Å². The van der Waals surface area contributed by atoms with E-state index in [-0.39, 0.29) is 30.7 Å². The van der Waals surface area contributed by atoms with Gasteiger partial charge in [-0.2, -0.15) is 0 Å². The van der Waals surface area contributed by atoms with Gasteiger partial charge in [0.15, 0.2) is 0 Å². The van der Waals surface area contributed by atoms with E-state index in [0.717, 1.165) is 30.0 Å². The molecule has 1 aliphatic rings. The van der Waals surface area contributed by atoms with Gasteiger partial charge in [-0.3, -0.25) is 4.79 Å². The summed E-state index contributed by atoms with van der Waals surface area (Å²) < 4.78 is 0. The SMILES string of the molecule is Cl.Cl.NC(Cc1ccccc1)C(=O)NCc1ccc(N2CCCC2)nc1. The molecule has 0 spiro atoms. The molecule has 3 rings (SSSR count). The van der Waals surface area contributed by atoms with Crippen LogP contribution in [0.3, 0.4) is 0 Å². The first-order valence-corrected chi connectivity index (χ1v) is 8.49. The predicted octanol–water partition coefficient (Wildman–Crippen LogP) is 2.71. The normalized spacial score (nSPS) is 14.1. The maximum Gasteiger partial charge on any atom is 0.237 e. The molecule has 1 aliphatic heterocycles. The Kier molecular flexibility index (Phi) is 9.41. The third-order valence-electron chi connectivity index (χ3n) is 4.34. The quantitative estimate of drug-likeness (QED) is 0.787. The summed E-state index contributed by atoms with van der Waals surface area (Å²) >= 11 is 0. The largest absolute Gasteiger partial charge is 0.357 e. The number of carbonyl (C=O) groups excluding carboxylic acids is 1. The zero-order valence-electron chi connectivity index (χ0n) is 14.6. The summed E-state index contributed by atoms with van der Waals surface area (Å²) in [7, 11) is 0. The van der Waals surface area contributed by atoms with Crippen LogP contribution in [0, 0.1) is 0 Å². The second-order valence-corrected chi connectivity index (χ2v) is 6.23. The molecule has 1 saturated heterocycles. The number of nitrogens with two attached hydrogens (primary N) is 1. The molecule has 142 valence electrons. The Hall–Kier alpha value is -1.82. The summed E-state index contributed by atoms with van der Waals surface area (Å²) in [6.07, 6.45) is 4.84. The van der Waals surface area contributed by atoms with Crippen LogP contribution in [0.2, 0.25) is 0 Å². The van der Waals surface area contributed by atoms with Gasteiger partial charge in [-0.1, -0.05) is 36.4 Å². The zero-order chi connectivity index (χ0) is 16.8. The van der Waals surface area contributed by atoms with Crippen molar-refractivity contribution in [3.8, 4) is 0 Å². The topological polar surface area (TPSA) is 71.2 Å². The zero-order valence-corrected chi connectivity index (χ0v) is 16.3. The first-order valence-electron chi connectivity index (χ1n) is 8.49. The second kappa shape index (κ2) is 11.0. The monoisotopic (exact) mass is 396 g/mol. The number of hydrogen-bond acceptors (Lipinski definition) is 4. The van der Waals surface area contributed by atoms with Crippen LogP contribution in [0.25, 0.3) is 0 Å². The summed E-state index contributed by atoms with van der Waals surface area (Å²) in [5.74, 6) is 0.880. The molecule has 1 amide bonds. The van der Waals surface area contributed by atoms with Crippen LogP contribution in [0.4, 0.5) is 5.82 Å². The maximum atomic E-state index is 12.1. The Balaban J connectivity index is 0.00000169. The van der Waals surface area contributed by atoms with Crippen molar-refractivity contribution in [2.75, 3.05) is 18.0 Å². The number of carbonyl (C=O) groups is 1. The highest BCUT2D eigenvalue weighted by atomic mass is 35.5. The molecule has 1 aromatic heterocycles. The van der Waals surface area contributed by atoms with E-state index in [1.807, 2.05) is 48.7 Å². The molecule has 2 aromatic rings. The van der Waals surface area contributed by atoms with Gasteiger partial charge in [-0.15, -0.1) is 24.8 Å². The van der Waals surface area contributed by atoms with Crippen molar-refractivity contribution < 1.29 is 4.79 Å². The minimum Gasteiger partial charge on any atom is -0.357 e. The molecule has 0 radical (unpaired) electrons. The van der Waals surface area contributed by atoms with Crippen molar-refractivity contribution in [3.63, 3.8) is 0 Å². The third kappa shape index (κ3) is 6.16. The molecule has 0 aliphatic carbocycles. The van der Waals surface area contributed by atoms with Gasteiger partial charge >= 0.3 is 0 Å². The van der Waals surface area contributed by atoms with Crippen molar-refractivity contribution in [1.29, 1.82) is 0 Å². The molecule has 1 fully saturated rings. The van der Waals surface area contributed by atoms with Gasteiger partial charge in [0.2, 0.25) is 5.91 Å². The van der Waals surface area contributed by atoms with Crippen LogP contribution in [-0.4, -0.2) is 30.0 Å². The van der Waals surface area contributed by atoms with E-state index in [1.54, 1.807) is 0 Å². The highest BCUT2D eigenvalue weighted by Gasteiger charge is 2.15. The van der Waals surface area contributed by atoms with E-state index in [1.165, 1.54) is 12.8 Å². The molecule has 0 bridgehead atoms. The molecule has 1 atom stereocenters. The summed E-state index contributed by atoms with van der Waals surface area (Å²) in [5.41, 5.74) is 8.04. The molecule has 1 unspecified atom stereocenters. The number of rotatable bonds is 6. The van der Waals surface area contributed by atoms with E-state index in [2.05, 4.69) is 15.2 Å². The molecular formula is C19H26Cl2N4O. The smallest absolute Gasteiger partial charge is 0.237 e. The van der Waals surface area contributed by atoms with Gasteiger partial charge in [0.05, 0.1) is 6.04 Å². The fraction of sp³-hybridized carbons (Fsp3) is 0.368. The minimum absolute atomic E-state index is 0. The number of aromatic nitrogens is 1. The van der Waals surface area contributed by atoms with E-state index in [0.29, 0.717) is 13.0 Å². The number of nitrogens with one attached hydrogen (secondary N) is 1. The highest BCUT2D eigenvalue weighted by molar-refractivity contribution is 5.85. The van der Waals surface area contributed by atoms with Crippen LogP contribution >= 0.6 is 24.8 Å². The van der Waals surface area contributed by atoms with Crippen molar-refractivity contribution >= 4 is 36.5 Å². The molecule has 7 heteroatoms. The first kappa shape index (κ1) is 22.2. The van der Waals surface area contributed by atoms with Gasteiger partial charge < -0.3 is 16.0 Å². The lowest BCUT2D eigenvalue weighted by Gasteiger charge is -2.16. The van der Waals surface area contributed by atoms with Gasteiger partial charge in [0.25, 0.3) is 0 Å². The summed E-state index contributed by atoms with van der Waals surface area (Å²) in [6.45, 7) is 2.61. The van der Waals surface area contributed by atoms with Gasteiger partial charge in [-0.05, 0) is 36.5 Å². The maximum absolute atomic E-state index is 12.1. The lowest BCUT2D eigenvalue weighted by molar-refractivity contribution is -0.122. The summed E-state index contributed by atoms with van der Waals surface area (Å²) in [5, 5.41) is 2.89. The number of nitrogens with zero attached hydrogens (tertiary/aromatic N) is 2. The minimum atomic E-state index is -0.538. The number of hydrogen-bond donors (Lipinski definition) is 2. The Morgan fingerprint density at radius 3 is 2.38 bits per heavy atom. The Bertz CT molecular complexity index is 661. The van der Waals surface area contributed by atoms with Crippen LogP contribution in [0.5, 0.6) is 0 Å². The fourth-order valence-corrected chi connectivity index (χ4v) is 2.94. The predicted molar refractivity (Wildman–Crippen MR) is 110 cm³/mol. The Morgan fingerprint density at radius 2 is 1.77 bits per heavy atom. The van der Waals surface area contributed by atoms with E-state index >= 15 is 0 Å². The number of anilines is 1. The number of benzene rings is 1. The van der Waals surface area contributed by atoms with Crippen molar-refractivity contribution in [2.24, 2.45) is 5.73 Å². The number of pyridine rings is 1. The second-order valence-electron chi connectivity index (χ2n) is 6.23. The van der Waals surface area contributed by atoms with Crippen LogP contribution in [0.1, 0.15) is 24.0 Å². The Morgan fingerprint density at radius 1 is 1.08 bits per heavy atom. The van der Waals surface area contributed by atoms with E-state index in [9.17, 15) is 4.79 Å². The molecule has 5 nitrogen and oxygen atoms in total. The molecule has 3 N–H and O–H groups in total. The summed E-state index contributed by atoms with van der Waals surface area (Å²) in [6, 6.07) is 13.3. The molecule has 2 heterocycles. The lowest BCUT2D eigenvalue weighted by Crippen LogP contribution is -2.41. The standard InChI is InChI=1S/C19H24N4O.2ClH/c20-17(12-15-6-2-1-3-7-15)19(24)22-14-16-8-9-18(21-13-16)23-10-4-5-11-23;;/h1-3,6-9,13,17H,4-5,10-12,14,20H2,(H,22,24);2*1H. The van der Waals surface area contributed by atoms with Crippen molar-refractivity contribution in [2.45, 2.75) is 31.8 Å². The fourth-order valence-electron chi connectivity index (χ4n) is 2.94. The van der Waals surface area contributed by atoms with Crippen LogP contribution in [-0.2, 0) is 17.8 Å².